The highest BCUT2D eigenvalue weighted by atomic mass is 16.1. The molecule has 4 N–H and O–H groups in total. The SMILES string of the molecule is CCC(=O)CCCCCNC(=N)N. The van der Waals surface area contributed by atoms with Crippen LogP contribution in [-0.2, 0) is 4.79 Å². The van der Waals surface area contributed by atoms with Gasteiger partial charge in [0.25, 0.3) is 0 Å². The van der Waals surface area contributed by atoms with Gasteiger partial charge in [-0.1, -0.05) is 13.3 Å². The van der Waals surface area contributed by atoms with Crippen LogP contribution in [0.4, 0.5) is 0 Å². The number of guanidine groups is 1. The van der Waals surface area contributed by atoms with Gasteiger partial charge in [0.15, 0.2) is 5.96 Å². The molecule has 0 bridgehead atoms. The minimum atomic E-state index is 0.0182. The molecular weight excluding hydrogens is 166 g/mol. The maximum absolute atomic E-state index is 10.9. The summed E-state index contributed by atoms with van der Waals surface area (Å²) in [5.41, 5.74) is 5.10. The van der Waals surface area contributed by atoms with Crippen LogP contribution in [0.15, 0.2) is 0 Å². The average molecular weight is 185 g/mol. The van der Waals surface area contributed by atoms with Gasteiger partial charge in [-0.05, 0) is 12.8 Å². The molecule has 0 atom stereocenters. The van der Waals surface area contributed by atoms with Crippen molar-refractivity contribution in [2.45, 2.75) is 39.0 Å². The van der Waals surface area contributed by atoms with Gasteiger partial charge < -0.3 is 11.1 Å². The lowest BCUT2D eigenvalue weighted by Crippen LogP contribution is -2.30. The van der Waals surface area contributed by atoms with Crippen molar-refractivity contribution in [2.24, 2.45) is 5.73 Å². The topological polar surface area (TPSA) is 79.0 Å². The van der Waals surface area contributed by atoms with Crippen LogP contribution in [0.5, 0.6) is 0 Å². The smallest absolute Gasteiger partial charge is 0.185 e. The number of unbranched alkanes of at least 4 members (excludes halogenated alkanes) is 2. The van der Waals surface area contributed by atoms with Gasteiger partial charge in [0.05, 0.1) is 0 Å². The normalized spacial score (nSPS) is 9.62. The first-order valence-electron chi connectivity index (χ1n) is 4.76. The highest BCUT2D eigenvalue weighted by Crippen LogP contribution is 2.01. The first-order valence-corrected chi connectivity index (χ1v) is 4.76. The molecule has 0 spiro atoms. The summed E-state index contributed by atoms with van der Waals surface area (Å²) >= 11 is 0. The molecule has 0 aliphatic carbocycles. The Kier molecular flexibility index (Phi) is 6.96. The summed E-state index contributed by atoms with van der Waals surface area (Å²) in [5, 5.41) is 9.61. The zero-order chi connectivity index (χ0) is 10.1. The Balaban J connectivity index is 3.08. The summed E-state index contributed by atoms with van der Waals surface area (Å²) < 4.78 is 0. The van der Waals surface area contributed by atoms with E-state index in [-0.39, 0.29) is 5.96 Å². The summed E-state index contributed by atoms with van der Waals surface area (Å²) in [5.74, 6) is 0.351. The van der Waals surface area contributed by atoms with Crippen molar-refractivity contribution in [2.75, 3.05) is 6.54 Å². The van der Waals surface area contributed by atoms with E-state index >= 15 is 0 Å². The number of Topliss-reactive ketones (excluding diaryl/α,β-unsaturated/α-hetero) is 1. The Bertz CT molecular complexity index is 168. The standard InChI is InChI=1S/C9H19N3O/c1-2-8(13)6-4-3-5-7-12-9(10)11/h2-7H2,1H3,(H4,10,11,12). The molecule has 0 aromatic carbocycles. The van der Waals surface area contributed by atoms with Crippen LogP contribution < -0.4 is 11.1 Å². The molecule has 0 rings (SSSR count). The molecule has 0 saturated heterocycles. The third-order valence-electron chi connectivity index (χ3n) is 1.84. The lowest BCUT2D eigenvalue weighted by atomic mass is 10.1. The maximum atomic E-state index is 10.9. The molecule has 76 valence electrons. The monoisotopic (exact) mass is 185 g/mol. The molecule has 4 nitrogen and oxygen atoms in total. The molecule has 0 aromatic rings. The van der Waals surface area contributed by atoms with E-state index < -0.39 is 0 Å². The fourth-order valence-corrected chi connectivity index (χ4v) is 1.02. The molecule has 0 aliphatic rings. The second kappa shape index (κ2) is 7.58. The van der Waals surface area contributed by atoms with Crippen molar-refractivity contribution in [1.82, 2.24) is 5.32 Å². The molecule has 4 heteroatoms. The number of nitrogens with one attached hydrogen (secondary N) is 2. The molecule has 0 amide bonds. The summed E-state index contributed by atoms with van der Waals surface area (Å²) in [6.45, 7) is 2.62. The van der Waals surface area contributed by atoms with E-state index in [1.165, 1.54) is 0 Å². The highest BCUT2D eigenvalue weighted by molar-refractivity contribution is 5.77. The quantitative estimate of drug-likeness (QED) is 0.314. The highest BCUT2D eigenvalue weighted by Gasteiger charge is 1.97. The van der Waals surface area contributed by atoms with E-state index in [2.05, 4.69) is 5.32 Å². The van der Waals surface area contributed by atoms with E-state index in [4.69, 9.17) is 11.1 Å². The molecule has 0 fully saturated rings. The van der Waals surface area contributed by atoms with Gasteiger partial charge in [0.2, 0.25) is 0 Å². The van der Waals surface area contributed by atoms with Crippen LogP contribution in [0.2, 0.25) is 0 Å². The van der Waals surface area contributed by atoms with Crippen molar-refractivity contribution in [3.8, 4) is 0 Å². The largest absolute Gasteiger partial charge is 0.370 e. The minimum Gasteiger partial charge on any atom is -0.370 e. The van der Waals surface area contributed by atoms with Gasteiger partial charge >= 0.3 is 0 Å². The van der Waals surface area contributed by atoms with Crippen LogP contribution in [0.25, 0.3) is 0 Å². The van der Waals surface area contributed by atoms with Crippen LogP contribution in [-0.4, -0.2) is 18.3 Å². The molecule has 0 aliphatic heterocycles. The minimum absolute atomic E-state index is 0.0182. The van der Waals surface area contributed by atoms with Gasteiger partial charge in [-0.25, -0.2) is 0 Å². The van der Waals surface area contributed by atoms with E-state index in [1.54, 1.807) is 0 Å². The van der Waals surface area contributed by atoms with E-state index in [0.29, 0.717) is 18.6 Å². The van der Waals surface area contributed by atoms with E-state index in [0.717, 1.165) is 25.8 Å². The molecule has 0 unspecified atom stereocenters. The maximum Gasteiger partial charge on any atom is 0.185 e. The summed E-state index contributed by atoms with van der Waals surface area (Å²) in [4.78, 5) is 10.9. The van der Waals surface area contributed by atoms with Gasteiger partial charge in [0, 0.05) is 19.4 Å². The van der Waals surface area contributed by atoms with Gasteiger partial charge in [-0.3, -0.25) is 10.2 Å². The Morgan fingerprint density at radius 2 is 2.08 bits per heavy atom. The van der Waals surface area contributed by atoms with Crippen molar-refractivity contribution in [3.05, 3.63) is 0 Å². The number of nitrogens with two attached hydrogens (primary N) is 1. The number of rotatable bonds is 7. The first-order chi connectivity index (χ1) is 6.16. The Hall–Kier alpha value is -1.06. The van der Waals surface area contributed by atoms with Crippen molar-refractivity contribution < 1.29 is 4.79 Å². The molecule has 0 radical (unpaired) electrons. The van der Waals surface area contributed by atoms with Crippen LogP contribution in [0.3, 0.4) is 0 Å². The van der Waals surface area contributed by atoms with Crippen LogP contribution >= 0.6 is 0 Å². The predicted molar refractivity (Wildman–Crippen MR) is 53.7 cm³/mol. The number of carbonyl (C=O) groups excluding carboxylic acids is 1. The van der Waals surface area contributed by atoms with Crippen molar-refractivity contribution >= 4 is 11.7 Å². The zero-order valence-electron chi connectivity index (χ0n) is 8.23. The summed E-state index contributed by atoms with van der Waals surface area (Å²) in [6, 6.07) is 0. The number of hydrogen-bond acceptors (Lipinski definition) is 2. The van der Waals surface area contributed by atoms with Crippen LogP contribution in [0, 0.1) is 5.41 Å². The van der Waals surface area contributed by atoms with Crippen molar-refractivity contribution in [1.29, 1.82) is 5.41 Å². The number of hydrogen-bond donors (Lipinski definition) is 3. The predicted octanol–water partition coefficient (Wildman–Crippen LogP) is 1.01. The Labute approximate surface area is 79.4 Å². The number of carbonyl (C=O) groups is 1. The molecule has 0 heterocycles. The lowest BCUT2D eigenvalue weighted by Gasteiger charge is -2.02. The summed E-state index contributed by atoms with van der Waals surface area (Å²) in [6.07, 6.45) is 4.27. The van der Waals surface area contributed by atoms with Gasteiger partial charge in [-0.2, -0.15) is 0 Å². The third-order valence-corrected chi connectivity index (χ3v) is 1.84. The molecule has 13 heavy (non-hydrogen) atoms. The first kappa shape index (κ1) is 11.9. The zero-order valence-corrected chi connectivity index (χ0v) is 8.23. The average Bonchev–Trinajstić information content (AvgIpc) is 2.10. The molecular formula is C9H19N3O. The van der Waals surface area contributed by atoms with E-state index in [9.17, 15) is 4.79 Å². The van der Waals surface area contributed by atoms with E-state index in [1.807, 2.05) is 6.92 Å². The van der Waals surface area contributed by atoms with Crippen molar-refractivity contribution in [3.63, 3.8) is 0 Å². The van der Waals surface area contributed by atoms with Gasteiger partial charge in [-0.15, -0.1) is 0 Å². The number of ketones is 1. The Morgan fingerprint density at radius 3 is 2.62 bits per heavy atom. The third kappa shape index (κ3) is 8.85. The van der Waals surface area contributed by atoms with Crippen LogP contribution in [0.1, 0.15) is 39.0 Å². The second-order valence-electron chi connectivity index (χ2n) is 3.04. The molecule has 0 saturated carbocycles. The Morgan fingerprint density at radius 1 is 1.38 bits per heavy atom. The lowest BCUT2D eigenvalue weighted by molar-refractivity contribution is -0.118. The van der Waals surface area contributed by atoms with Gasteiger partial charge in [0.1, 0.15) is 5.78 Å². The fraction of sp³-hybridized carbons (Fsp3) is 0.778. The second-order valence-corrected chi connectivity index (χ2v) is 3.04. The fourth-order valence-electron chi connectivity index (χ4n) is 1.02. The molecule has 0 aromatic heterocycles. The summed E-state index contributed by atoms with van der Waals surface area (Å²) in [7, 11) is 0.